The molecule has 66 valence electrons. The summed E-state index contributed by atoms with van der Waals surface area (Å²) in [7, 11) is 0. The van der Waals surface area contributed by atoms with Crippen molar-refractivity contribution in [1.29, 1.82) is 0 Å². The summed E-state index contributed by atoms with van der Waals surface area (Å²) in [6.07, 6.45) is 2.70. The molecule has 4 heteroatoms. The van der Waals surface area contributed by atoms with Crippen LogP contribution in [-0.4, -0.2) is 34.2 Å². The van der Waals surface area contributed by atoms with Crippen LogP contribution < -0.4 is 0 Å². The van der Waals surface area contributed by atoms with E-state index < -0.39 is 0 Å². The van der Waals surface area contributed by atoms with E-state index in [1.807, 2.05) is 11.7 Å². The first-order valence-electron chi connectivity index (χ1n) is 4.12. The number of rotatable bonds is 2. The molecular weight excluding hydrogens is 172 g/mol. The van der Waals surface area contributed by atoms with Crippen molar-refractivity contribution in [2.45, 2.75) is 19.1 Å². The molecular formula is C8H12N2OS. The zero-order valence-corrected chi connectivity index (χ0v) is 7.63. The maximum absolute atomic E-state index is 9.27. The molecule has 2 rings (SSSR count). The van der Waals surface area contributed by atoms with Crippen LogP contribution in [0.15, 0.2) is 11.7 Å². The van der Waals surface area contributed by atoms with Crippen LogP contribution in [0.25, 0.3) is 0 Å². The van der Waals surface area contributed by atoms with E-state index in [1.54, 1.807) is 11.3 Å². The molecule has 0 radical (unpaired) electrons. The molecule has 1 aliphatic rings. The largest absolute Gasteiger partial charge is 0.392 e. The van der Waals surface area contributed by atoms with Crippen molar-refractivity contribution in [3.63, 3.8) is 0 Å². The van der Waals surface area contributed by atoms with Crippen LogP contribution >= 0.6 is 11.3 Å². The molecule has 1 aromatic heterocycles. The Bertz CT molecular complexity index is 237. The van der Waals surface area contributed by atoms with Crippen LogP contribution in [0.1, 0.15) is 11.3 Å². The number of likely N-dealkylation sites (tertiary alicyclic amines) is 1. The Labute approximate surface area is 75.7 Å². The van der Waals surface area contributed by atoms with Crippen LogP contribution in [0.3, 0.4) is 0 Å². The molecule has 0 spiro atoms. The first kappa shape index (κ1) is 8.16. The summed E-state index contributed by atoms with van der Waals surface area (Å²) in [5, 5.41) is 9.27. The van der Waals surface area contributed by atoms with Gasteiger partial charge in [0.2, 0.25) is 0 Å². The summed E-state index contributed by atoms with van der Waals surface area (Å²) < 4.78 is 0. The van der Waals surface area contributed by atoms with E-state index in [-0.39, 0.29) is 6.10 Å². The fraction of sp³-hybridized carbons (Fsp3) is 0.625. The van der Waals surface area contributed by atoms with Crippen LogP contribution in [0.4, 0.5) is 0 Å². The number of aliphatic hydroxyl groups is 1. The van der Waals surface area contributed by atoms with E-state index in [4.69, 9.17) is 0 Å². The van der Waals surface area contributed by atoms with Crippen molar-refractivity contribution < 1.29 is 5.11 Å². The van der Waals surface area contributed by atoms with E-state index in [9.17, 15) is 5.11 Å². The molecule has 2 heterocycles. The first-order chi connectivity index (χ1) is 5.84. The number of aliphatic hydroxyl groups excluding tert-OH is 1. The molecule has 0 saturated carbocycles. The van der Waals surface area contributed by atoms with E-state index in [1.165, 1.54) is 4.88 Å². The van der Waals surface area contributed by atoms with Crippen molar-refractivity contribution in [3.8, 4) is 0 Å². The van der Waals surface area contributed by atoms with Gasteiger partial charge in [-0.05, 0) is 6.42 Å². The number of nitrogens with zero attached hydrogens (tertiary/aromatic N) is 2. The van der Waals surface area contributed by atoms with Crippen molar-refractivity contribution in [3.05, 3.63) is 16.6 Å². The number of hydrogen-bond acceptors (Lipinski definition) is 4. The highest BCUT2D eigenvalue weighted by atomic mass is 32.1. The summed E-state index contributed by atoms with van der Waals surface area (Å²) in [5.41, 5.74) is 1.85. The molecule has 0 aliphatic carbocycles. The molecule has 1 fully saturated rings. The first-order valence-corrected chi connectivity index (χ1v) is 5.00. The van der Waals surface area contributed by atoms with E-state index in [0.717, 1.165) is 26.1 Å². The van der Waals surface area contributed by atoms with E-state index in [2.05, 4.69) is 9.88 Å². The van der Waals surface area contributed by atoms with Crippen LogP contribution in [-0.2, 0) is 6.54 Å². The minimum Gasteiger partial charge on any atom is -0.392 e. The second-order valence-corrected chi connectivity index (χ2v) is 4.12. The SMILES string of the molecule is O[C@H]1CCN(Cc2cncs2)C1. The average molecular weight is 184 g/mol. The summed E-state index contributed by atoms with van der Waals surface area (Å²) in [6.45, 7) is 2.78. The highest BCUT2D eigenvalue weighted by Crippen LogP contribution is 2.15. The molecule has 12 heavy (non-hydrogen) atoms. The third kappa shape index (κ3) is 1.83. The second-order valence-electron chi connectivity index (χ2n) is 3.15. The van der Waals surface area contributed by atoms with Crippen molar-refractivity contribution in [1.82, 2.24) is 9.88 Å². The van der Waals surface area contributed by atoms with Gasteiger partial charge in [-0.2, -0.15) is 0 Å². The fourth-order valence-corrected chi connectivity index (χ4v) is 2.13. The Morgan fingerprint density at radius 2 is 2.67 bits per heavy atom. The lowest BCUT2D eigenvalue weighted by atomic mass is 10.3. The summed E-state index contributed by atoms with van der Waals surface area (Å²) >= 11 is 1.68. The highest BCUT2D eigenvalue weighted by molar-refractivity contribution is 7.09. The van der Waals surface area contributed by atoms with Gasteiger partial charge >= 0.3 is 0 Å². The summed E-state index contributed by atoms with van der Waals surface area (Å²) in [5.74, 6) is 0. The molecule has 0 unspecified atom stereocenters. The molecule has 1 aromatic rings. The summed E-state index contributed by atoms with van der Waals surface area (Å²) in [6, 6.07) is 0. The van der Waals surface area contributed by atoms with Gasteiger partial charge in [-0.3, -0.25) is 9.88 Å². The van der Waals surface area contributed by atoms with Gasteiger partial charge in [-0.25, -0.2) is 0 Å². The van der Waals surface area contributed by atoms with E-state index >= 15 is 0 Å². The minimum atomic E-state index is -0.113. The molecule has 1 aliphatic heterocycles. The van der Waals surface area contributed by atoms with Crippen molar-refractivity contribution >= 4 is 11.3 Å². The van der Waals surface area contributed by atoms with Gasteiger partial charge < -0.3 is 5.11 Å². The Hall–Kier alpha value is -0.450. The quantitative estimate of drug-likeness (QED) is 0.735. The average Bonchev–Trinajstić information content (AvgIpc) is 2.63. The standard InChI is InChI=1S/C8H12N2OS/c11-7-1-2-10(4-7)5-8-3-9-6-12-8/h3,6-7,11H,1-2,4-5H2/t7-/m0/s1. The lowest BCUT2D eigenvalue weighted by molar-refractivity contribution is 0.175. The van der Waals surface area contributed by atoms with Crippen molar-refractivity contribution in [2.24, 2.45) is 0 Å². The van der Waals surface area contributed by atoms with Gasteiger partial charge in [0.1, 0.15) is 0 Å². The maximum atomic E-state index is 9.27. The predicted molar refractivity (Wildman–Crippen MR) is 48.0 cm³/mol. The normalized spacial score (nSPS) is 24.9. The molecule has 0 aromatic carbocycles. The third-order valence-electron chi connectivity index (χ3n) is 2.11. The molecule has 1 atom stereocenters. The smallest absolute Gasteiger partial charge is 0.0794 e. The van der Waals surface area contributed by atoms with Gasteiger partial charge in [-0.15, -0.1) is 11.3 Å². The summed E-state index contributed by atoms with van der Waals surface area (Å²) in [4.78, 5) is 7.56. The number of aromatic nitrogens is 1. The molecule has 1 saturated heterocycles. The van der Waals surface area contributed by atoms with Crippen LogP contribution in [0.2, 0.25) is 0 Å². The predicted octanol–water partition coefficient (Wildman–Crippen LogP) is 0.710. The van der Waals surface area contributed by atoms with Gasteiger partial charge in [0.15, 0.2) is 0 Å². The van der Waals surface area contributed by atoms with Crippen LogP contribution in [0.5, 0.6) is 0 Å². The number of hydrogen-bond donors (Lipinski definition) is 1. The Balaban J connectivity index is 1.88. The van der Waals surface area contributed by atoms with E-state index in [0.29, 0.717) is 0 Å². The topological polar surface area (TPSA) is 36.4 Å². The van der Waals surface area contributed by atoms with Gasteiger partial charge in [0.25, 0.3) is 0 Å². The van der Waals surface area contributed by atoms with Gasteiger partial charge in [-0.1, -0.05) is 0 Å². The zero-order chi connectivity index (χ0) is 8.39. The Morgan fingerprint density at radius 1 is 1.75 bits per heavy atom. The lowest BCUT2D eigenvalue weighted by Crippen LogP contribution is -2.20. The monoisotopic (exact) mass is 184 g/mol. The van der Waals surface area contributed by atoms with Gasteiger partial charge in [0, 0.05) is 30.7 Å². The minimum absolute atomic E-state index is 0.113. The molecule has 3 nitrogen and oxygen atoms in total. The van der Waals surface area contributed by atoms with Crippen LogP contribution in [0, 0.1) is 0 Å². The number of β-amino-alcohol motifs (C(OH)–C–C–N with tert-alkyl or cyclic N) is 1. The zero-order valence-electron chi connectivity index (χ0n) is 6.81. The highest BCUT2D eigenvalue weighted by Gasteiger charge is 2.19. The maximum Gasteiger partial charge on any atom is 0.0794 e. The Morgan fingerprint density at radius 3 is 3.25 bits per heavy atom. The van der Waals surface area contributed by atoms with Gasteiger partial charge in [0.05, 0.1) is 11.6 Å². The number of thiazole rings is 1. The lowest BCUT2D eigenvalue weighted by Gasteiger charge is -2.12. The Kier molecular flexibility index (Phi) is 2.39. The molecule has 1 N–H and O–H groups in total. The second kappa shape index (κ2) is 3.51. The fourth-order valence-electron chi connectivity index (χ4n) is 1.50. The third-order valence-corrected chi connectivity index (χ3v) is 2.87. The molecule has 0 bridgehead atoms. The molecule has 0 amide bonds. The van der Waals surface area contributed by atoms with Crippen molar-refractivity contribution in [2.75, 3.05) is 13.1 Å².